The molecule has 1 aromatic heterocycles. The van der Waals surface area contributed by atoms with Crippen LogP contribution in [0.15, 0.2) is 24.3 Å². The number of phenolic OH excluding ortho intramolecular Hbond substituents is 1. The summed E-state index contributed by atoms with van der Waals surface area (Å²) < 4.78 is 1.17. The number of phenols is 1. The van der Waals surface area contributed by atoms with Gasteiger partial charge in [-0.15, -0.1) is 11.3 Å². The summed E-state index contributed by atoms with van der Waals surface area (Å²) in [6.45, 7) is 3.28. The summed E-state index contributed by atoms with van der Waals surface area (Å²) in [6, 6.07) is 8.47. The Morgan fingerprint density at radius 1 is 1.37 bits per heavy atom. The van der Waals surface area contributed by atoms with E-state index in [1.54, 1.807) is 17.4 Å². The molecule has 0 radical (unpaired) electrons. The molecule has 3 rings (SSSR count). The van der Waals surface area contributed by atoms with Crippen LogP contribution in [0, 0.1) is 0 Å². The zero-order valence-electron chi connectivity index (χ0n) is 11.2. The first-order chi connectivity index (χ1) is 9.22. The zero-order valence-corrected chi connectivity index (χ0v) is 12.0. The van der Waals surface area contributed by atoms with Gasteiger partial charge in [0, 0.05) is 27.5 Å². The SMILES string of the molecule is CN1CCC(NCc2cc3c(O)cccc3s2)CC1. The Balaban J connectivity index is 1.64. The van der Waals surface area contributed by atoms with E-state index in [1.165, 1.54) is 35.5 Å². The molecule has 2 heterocycles. The minimum absolute atomic E-state index is 0.388. The number of nitrogens with zero attached hydrogens (tertiary/aromatic N) is 1. The number of fused-ring (bicyclic) bond motifs is 1. The summed E-state index contributed by atoms with van der Waals surface area (Å²) in [6.07, 6.45) is 2.46. The molecule has 0 atom stereocenters. The maximum Gasteiger partial charge on any atom is 0.124 e. The number of nitrogens with one attached hydrogen (secondary N) is 1. The van der Waals surface area contributed by atoms with Crippen LogP contribution in [0.25, 0.3) is 10.1 Å². The van der Waals surface area contributed by atoms with Gasteiger partial charge in [-0.2, -0.15) is 0 Å². The van der Waals surface area contributed by atoms with Crippen LogP contribution in [0.4, 0.5) is 0 Å². The fourth-order valence-corrected chi connectivity index (χ4v) is 3.68. The number of likely N-dealkylation sites (tertiary alicyclic amines) is 1. The molecule has 1 aliphatic heterocycles. The smallest absolute Gasteiger partial charge is 0.124 e. The van der Waals surface area contributed by atoms with E-state index in [0.717, 1.165) is 11.9 Å². The van der Waals surface area contributed by atoms with Crippen molar-refractivity contribution in [1.29, 1.82) is 0 Å². The van der Waals surface area contributed by atoms with Crippen LogP contribution in [-0.4, -0.2) is 36.2 Å². The van der Waals surface area contributed by atoms with Gasteiger partial charge in [-0.05, 0) is 51.2 Å². The summed E-state index contributed by atoms with van der Waals surface area (Å²) in [7, 11) is 2.19. The van der Waals surface area contributed by atoms with Crippen LogP contribution >= 0.6 is 11.3 Å². The highest BCUT2D eigenvalue weighted by Crippen LogP contribution is 2.31. The van der Waals surface area contributed by atoms with Gasteiger partial charge < -0.3 is 15.3 Å². The van der Waals surface area contributed by atoms with Crippen LogP contribution < -0.4 is 5.32 Å². The van der Waals surface area contributed by atoms with Crippen molar-refractivity contribution >= 4 is 21.4 Å². The molecule has 0 unspecified atom stereocenters. The summed E-state index contributed by atoms with van der Waals surface area (Å²) in [5.41, 5.74) is 0. The highest BCUT2D eigenvalue weighted by molar-refractivity contribution is 7.19. The number of benzene rings is 1. The largest absolute Gasteiger partial charge is 0.507 e. The van der Waals surface area contributed by atoms with Gasteiger partial charge in [-0.3, -0.25) is 0 Å². The average molecular weight is 276 g/mol. The fraction of sp³-hybridized carbons (Fsp3) is 0.467. The molecule has 0 saturated carbocycles. The van der Waals surface area contributed by atoms with Crippen molar-refractivity contribution in [3.63, 3.8) is 0 Å². The molecule has 0 bridgehead atoms. The van der Waals surface area contributed by atoms with Crippen molar-refractivity contribution < 1.29 is 5.11 Å². The van der Waals surface area contributed by atoms with E-state index in [-0.39, 0.29) is 0 Å². The third-order valence-electron chi connectivity index (χ3n) is 3.87. The second kappa shape index (κ2) is 5.49. The Labute approximate surface area is 117 Å². The van der Waals surface area contributed by atoms with E-state index in [1.807, 2.05) is 6.07 Å². The van der Waals surface area contributed by atoms with E-state index in [2.05, 4.69) is 29.4 Å². The lowest BCUT2D eigenvalue weighted by Crippen LogP contribution is -2.40. The standard InChI is InChI=1S/C15H20N2OS/c1-17-7-5-11(6-8-17)16-10-12-9-13-14(18)3-2-4-15(13)19-12/h2-4,9,11,16,18H,5-8,10H2,1H3. The van der Waals surface area contributed by atoms with Crippen LogP contribution in [0.5, 0.6) is 5.75 Å². The van der Waals surface area contributed by atoms with Gasteiger partial charge in [-0.1, -0.05) is 6.07 Å². The summed E-state index contributed by atoms with van der Waals surface area (Å²) in [4.78, 5) is 3.69. The number of aromatic hydroxyl groups is 1. The van der Waals surface area contributed by atoms with Crippen LogP contribution in [0.3, 0.4) is 0 Å². The minimum atomic E-state index is 0.388. The molecule has 3 nitrogen and oxygen atoms in total. The maximum absolute atomic E-state index is 9.81. The molecule has 102 valence electrons. The van der Waals surface area contributed by atoms with Gasteiger partial charge in [0.15, 0.2) is 0 Å². The van der Waals surface area contributed by atoms with Crippen LogP contribution in [-0.2, 0) is 6.54 Å². The van der Waals surface area contributed by atoms with Crippen molar-refractivity contribution in [3.05, 3.63) is 29.1 Å². The lowest BCUT2D eigenvalue weighted by Gasteiger charge is -2.29. The van der Waals surface area contributed by atoms with E-state index < -0.39 is 0 Å². The summed E-state index contributed by atoms with van der Waals surface area (Å²) in [5, 5.41) is 14.4. The number of hydrogen-bond donors (Lipinski definition) is 2. The molecule has 4 heteroatoms. The first kappa shape index (κ1) is 12.9. The summed E-state index contributed by atoms with van der Waals surface area (Å²) in [5.74, 6) is 0.388. The van der Waals surface area contributed by atoms with Crippen molar-refractivity contribution in [3.8, 4) is 5.75 Å². The Kier molecular flexibility index (Phi) is 3.73. The molecule has 1 aliphatic rings. The first-order valence-electron chi connectivity index (χ1n) is 6.85. The Morgan fingerprint density at radius 2 is 2.16 bits per heavy atom. The zero-order chi connectivity index (χ0) is 13.2. The number of hydrogen-bond acceptors (Lipinski definition) is 4. The van der Waals surface area contributed by atoms with Gasteiger partial charge in [0.1, 0.15) is 5.75 Å². The average Bonchev–Trinajstić information content (AvgIpc) is 2.83. The van der Waals surface area contributed by atoms with E-state index in [0.29, 0.717) is 11.8 Å². The lowest BCUT2D eigenvalue weighted by atomic mass is 10.1. The van der Waals surface area contributed by atoms with E-state index in [4.69, 9.17) is 0 Å². The predicted molar refractivity (Wildman–Crippen MR) is 80.8 cm³/mol. The third-order valence-corrected chi connectivity index (χ3v) is 4.97. The Morgan fingerprint density at radius 3 is 2.89 bits per heavy atom. The number of piperidine rings is 1. The minimum Gasteiger partial charge on any atom is -0.507 e. The molecule has 1 fully saturated rings. The van der Waals surface area contributed by atoms with Gasteiger partial charge in [0.05, 0.1) is 0 Å². The fourth-order valence-electron chi connectivity index (χ4n) is 2.64. The topological polar surface area (TPSA) is 35.5 Å². The Hall–Kier alpha value is -1.10. The van der Waals surface area contributed by atoms with Crippen molar-refractivity contribution in [2.45, 2.75) is 25.4 Å². The molecule has 0 spiro atoms. The van der Waals surface area contributed by atoms with Crippen molar-refractivity contribution in [1.82, 2.24) is 10.2 Å². The van der Waals surface area contributed by atoms with Gasteiger partial charge in [-0.25, -0.2) is 0 Å². The molecular weight excluding hydrogens is 256 g/mol. The molecule has 1 saturated heterocycles. The summed E-state index contributed by atoms with van der Waals surface area (Å²) >= 11 is 1.77. The number of rotatable bonds is 3. The van der Waals surface area contributed by atoms with Gasteiger partial charge in [0.25, 0.3) is 0 Å². The molecule has 19 heavy (non-hydrogen) atoms. The molecule has 0 aliphatic carbocycles. The van der Waals surface area contributed by atoms with Crippen molar-refractivity contribution in [2.24, 2.45) is 0 Å². The van der Waals surface area contributed by atoms with Gasteiger partial charge >= 0.3 is 0 Å². The predicted octanol–water partition coefficient (Wildman–Crippen LogP) is 2.79. The highest BCUT2D eigenvalue weighted by atomic mass is 32.1. The van der Waals surface area contributed by atoms with Crippen molar-refractivity contribution in [2.75, 3.05) is 20.1 Å². The quantitative estimate of drug-likeness (QED) is 0.905. The monoisotopic (exact) mass is 276 g/mol. The molecule has 1 aromatic carbocycles. The Bertz CT molecular complexity index is 558. The van der Waals surface area contributed by atoms with Gasteiger partial charge in [0.2, 0.25) is 0 Å². The lowest BCUT2D eigenvalue weighted by molar-refractivity contribution is 0.234. The first-order valence-corrected chi connectivity index (χ1v) is 7.66. The number of thiophene rings is 1. The van der Waals surface area contributed by atoms with E-state index in [9.17, 15) is 5.11 Å². The van der Waals surface area contributed by atoms with E-state index >= 15 is 0 Å². The van der Waals surface area contributed by atoms with Crippen LogP contribution in [0.2, 0.25) is 0 Å². The third kappa shape index (κ3) is 2.91. The maximum atomic E-state index is 9.81. The second-order valence-corrected chi connectivity index (χ2v) is 6.53. The molecule has 2 aromatic rings. The molecule has 2 N–H and O–H groups in total. The molecule has 0 amide bonds. The highest BCUT2D eigenvalue weighted by Gasteiger charge is 2.16. The normalized spacial score (nSPS) is 18.2. The second-order valence-electron chi connectivity index (χ2n) is 5.36. The molecular formula is C15H20N2OS. The van der Waals surface area contributed by atoms with Crippen LogP contribution in [0.1, 0.15) is 17.7 Å².